The van der Waals surface area contributed by atoms with Crippen LogP contribution in [0.4, 0.5) is 0 Å². The molecule has 0 bridgehead atoms. The molecule has 1 saturated heterocycles. The van der Waals surface area contributed by atoms with Crippen LogP contribution in [0.25, 0.3) is 0 Å². The van der Waals surface area contributed by atoms with Crippen LogP contribution in [0, 0.1) is 0 Å². The van der Waals surface area contributed by atoms with Crippen LogP contribution in [-0.2, 0) is 10.4 Å². The van der Waals surface area contributed by atoms with E-state index in [2.05, 4.69) is 18.5 Å². The van der Waals surface area contributed by atoms with Gasteiger partial charge in [-0.15, -0.1) is 0 Å². The molecule has 1 aromatic rings. The van der Waals surface area contributed by atoms with Gasteiger partial charge in [0.05, 0.1) is 0 Å². The van der Waals surface area contributed by atoms with Gasteiger partial charge < -0.3 is 10.4 Å². The Bertz CT molecular complexity index is 516. The smallest absolute Gasteiger partial charge is 0.265 e. The molecular formula is C14H13NO2. The van der Waals surface area contributed by atoms with E-state index in [1.807, 2.05) is 6.07 Å². The summed E-state index contributed by atoms with van der Waals surface area (Å²) >= 11 is 0. The lowest BCUT2D eigenvalue weighted by atomic mass is 9.88. The molecule has 0 aromatic heterocycles. The molecule has 0 aliphatic carbocycles. The van der Waals surface area contributed by atoms with Crippen LogP contribution in [-0.4, -0.2) is 11.0 Å². The lowest BCUT2D eigenvalue weighted by Gasteiger charge is -2.20. The molecule has 86 valence electrons. The predicted octanol–water partition coefficient (Wildman–Crippen LogP) is 1.63. The van der Waals surface area contributed by atoms with Crippen molar-refractivity contribution >= 4 is 5.91 Å². The SMILES string of the molecule is C=C/C=C1/NC(=O)C(O)(c2ccccc2)C1=C. The van der Waals surface area contributed by atoms with Gasteiger partial charge in [-0.25, -0.2) is 0 Å². The Hall–Kier alpha value is -2.13. The van der Waals surface area contributed by atoms with E-state index >= 15 is 0 Å². The molecule has 3 heteroatoms. The fraction of sp³-hybridized carbons (Fsp3) is 0.0714. The molecule has 1 aliphatic rings. The number of nitrogens with one attached hydrogen (secondary N) is 1. The van der Waals surface area contributed by atoms with Gasteiger partial charge in [-0.3, -0.25) is 4.79 Å². The van der Waals surface area contributed by atoms with Gasteiger partial charge in [-0.1, -0.05) is 49.6 Å². The average molecular weight is 227 g/mol. The Balaban J connectivity index is 2.52. The highest BCUT2D eigenvalue weighted by Crippen LogP contribution is 2.37. The number of carbonyl (C=O) groups excluding carboxylic acids is 1. The number of hydrogen-bond donors (Lipinski definition) is 2. The van der Waals surface area contributed by atoms with Crippen LogP contribution < -0.4 is 5.32 Å². The van der Waals surface area contributed by atoms with Crippen molar-refractivity contribution in [3.63, 3.8) is 0 Å². The van der Waals surface area contributed by atoms with E-state index < -0.39 is 11.5 Å². The summed E-state index contributed by atoms with van der Waals surface area (Å²) in [5.74, 6) is -0.484. The number of hydrogen-bond acceptors (Lipinski definition) is 2. The summed E-state index contributed by atoms with van der Waals surface area (Å²) in [5.41, 5.74) is -0.337. The fourth-order valence-corrected chi connectivity index (χ4v) is 1.86. The van der Waals surface area contributed by atoms with Gasteiger partial charge >= 0.3 is 0 Å². The van der Waals surface area contributed by atoms with E-state index in [0.29, 0.717) is 16.8 Å². The molecule has 0 saturated carbocycles. The first kappa shape index (κ1) is 11.4. The number of benzene rings is 1. The standard InChI is InChI=1S/C14H13NO2/c1-3-7-12-10(2)14(17,13(16)15-12)11-8-5-4-6-9-11/h3-9,17H,1-2H2,(H,15,16)/b12-7+. The summed E-state index contributed by atoms with van der Waals surface area (Å²) in [4.78, 5) is 11.9. The zero-order chi connectivity index (χ0) is 12.5. The van der Waals surface area contributed by atoms with E-state index in [-0.39, 0.29) is 0 Å². The van der Waals surface area contributed by atoms with Crippen molar-refractivity contribution in [1.82, 2.24) is 5.32 Å². The molecule has 1 heterocycles. The van der Waals surface area contributed by atoms with E-state index in [0.717, 1.165) is 0 Å². The van der Waals surface area contributed by atoms with Crippen molar-refractivity contribution in [1.29, 1.82) is 0 Å². The molecule has 2 rings (SSSR count). The van der Waals surface area contributed by atoms with Crippen molar-refractivity contribution < 1.29 is 9.90 Å². The van der Waals surface area contributed by atoms with Gasteiger partial charge in [0.2, 0.25) is 0 Å². The van der Waals surface area contributed by atoms with E-state index in [9.17, 15) is 9.90 Å². The number of rotatable bonds is 2. The van der Waals surface area contributed by atoms with Crippen LogP contribution in [0.5, 0.6) is 0 Å². The maximum atomic E-state index is 11.9. The Kier molecular flexibility index (Phi) is 2.69. The monoisotopic (exact) mass is 227 g/mol. The molecule has 1 unspecified atom stereocenters. The highest BCUT2D eigenvalue weighted by molar-refractivity contribution is 5.97. The minimum Gasteiger partial charge on any atom is -0.372 e. The van der Waals surface area contributed by atoms with Crippen molar-refractivity contribution in [3.05, 3.63) is 72.5 Å². The first-order valence-electron chi connectivity index (χ1n) is 5.22. The zero-order valence-electron chi connectivity index (χ0n) is 9.31. The molecule has 1 fully saturated rings. The van der Waals surface area contributed by atoms with Crippen LogP contribution in [0.15, 0.2) is 66.9 Å². The fourth-order valence-electron chi connectivity index (χ4n) is 1.86. The zero-order valence-corrected chi connectivity index (χ0v) is 9.31. The molecule has 3 nitrogen and oxygen atoms in total. The largest absolute Gasteiger partial charge is 0.372 e. The van der Waals surface area contributed by atoms with Crippen LogP contribution in [0.2, 0.25) is 0 Å². The highest BCUT2D eigenvalue weighted by atomic mass is 16.3. The third-order valence-electron chi connectivity index (χ3n) is 2.81. The first-order chi connectivity index (χ1) is 8.10. The Labute approximate surface area is 99.8 Å². The quantitative estimate of drug-likeness (QED) is 0.806. The molecular weight excluding hydrogens is 214 g/mol. The molecule has 0 radical (unpaired) electrons. The molecule has 1 amide bonds. The second-order valence-corrected chi connectivity index (χ2v) is 3.83. The highest BCUT2D eigenvalue weighted by Gasteiger charge is 2.47. The normalized spacial score (nSPS) is 26.1. The molecule has 0 spiro atoms. The van der Waals surface area contributed by atoms with Gasteiger partial charge in [0, 0.05) is 11.3 Å². The van der Waals surface area contributed by atoms with Crippen LogP contribution >= 0.6 is 0 Å². The third-order valence-corrected chi connectivity index (χ3v) is 2.81. The minimum atomic E-state index is -1.68. The van der Waals surface area contributed by atoms with Gasteiger partial charge in [-0.05, 0) is 11.6 Å². The summed E-state index contributed by atoms with van der Waals surface area (Å²) in [6, 6.07) is 8.75. The number of amides is 1. The molecule has 2 N–H and O–H groups in total. The molecule has 1 aliphatic heterocycles. The second kappa shape index (κ2) is 4.03. The number of aliphatic hydroxyl groups is 1. The average Bonchev–Trinajstić information content (AvgIpc) is 2.57. The van der Waals surface area contributed by atoms with Gasteiger partial charge in [0.25, 0.3) is 5.91 Å². The summed E-state index contributed by atoms with van der Waals surface area (Å²) in [6.07, 6.45) is 3.15. The predicted molar refractivity (Wildman–Crippen MR) is 65.9 cm³/mol. The lowest BCUT2D eigenvalue weighted by Crippen LogP contribution is -2.35. The van der Waals surface area contributed by atoms with E-state index in [1.165, 1.54) is 6.08 Å². The molecule has 1 atom stereocenters. The van der Waals surface area contributed by atoms with Crippen LogP contribution in [0.3, 0.4) is 0 Å². The summed E-state index contributed by atoms with van der Waals surface area (Å²) < 4.78 is 0. The number of allylic oxidation sites excluding steroid dienone is 2. The first-order valence-corrected chi connectivity index (χ1v) is 5.22. The Morgan fingerprint density at radius 1 is 1.29 bits per heavy atom. The summed E-state index contributed by atoms with van der Waals surface area (Å²) in [5, 5.41) is 13.1. The van der Waals surface area contributed by atoms with Gasteiger partial charge in [0.15, 0.2) is 5.60 Å². The topological polar surface area (TPSA) is 49.3 Å². The van der Waals surface area contributed by atoms with Crippen LogP contribution in [0.1, 0.15) is 5.56 Å². The summed E-state index contributed by atoms with van der Waals surface area (Å²) in [6.45, 7) is 7.34. The van der Waals surface area contributed by atoms with Crippen molar-refractivity contribution in [2.24, 2.45) is 0 Å². The number of carbonyl (C=O) groups is 1. The summed E-state index contributed by atoms with van der Waals surface area (Å²) in [7, 11) is 0. The van der Waals surface area contributed by atoms with Gasteiger partial charge in [-0.2, -0.15) is 0 Å². The van der Waals surface area contributed by atoms with E-state index in [1.54, 1.807) is 30.3 Å². The van der Waals surface area contributed by atoms with Gasteiger partial charge in [0.1, 0.15) is 0 Å². The third kappa shape index (κ3) is 1.61. The molecule has 1 aromatic carbocycles. The Morgan fingerprint density at radius 2 is 1.94 bits per heavy atom. The van der Waals surface area contributed by atoms with Crippen molar-refractivity contribution in [3.8, 4) is 0 Å². The van der Waals surface area contributed by atoms with E-state index in [4.69, 9.17) is 0 Å². The maximum absolute atomic E-state index is 11.9. The Morgan fingerprint density at radius 3 is 2.53 bits per heavy atom. The molecule has 17 heavy (non-hydrogen) atoms. The minimum absolute atomic E-state index is 0.341. The van der Waals surface area contributed by atoms with Crippen molar-refractivity contribution in [2.45, 2.75) is 5.60 Å². The maximum Gasteiger partial charge on any atom is 0.265 e. The lowest BCUT2D eigenvalue weighted by molar-refractivity contribution is -0.133. The van der Waals surface area contributed by atoms with Crippen molar-refractivity contribution in [2.75, 3.05) is 0 Å². The second-order valence-electron chi connectivity index (χ2n) is 3.83.